The maximum absolute atomic E-state index is 12.4. The van der Waals surface area contributed by atoms with Gasteiger partial charge in [-0.05, 0) is 30.7 Å². The first-order chi connectivity index (χ1) is 12.1. The van der Waals surface area contributed by atoms with Gasteiger partial charge in [0.1, 0.15) is 0 Å². The second kappa shape index (κ2) is 8.37. The Kier molecular flexibility index (Phi) is 5.95. The molecular weight excluding hydrogens is 334 g/mol. The molecular formula is C20H24ClN3O. The van der Waals surface area contributed by atoms with Gasteiger partial charge in [0, 0.05) is 43.4 Å². The zero-order valence-electron chi connectivity index (χ0n) is 14.5. The van der Waals surface area contributed by atoms with Crippen molar-refractivity contribution in [1.29, 1.82) is 0 Å². The maximum Gasteiger partial charge on any atom is 0.236 e. The predicted molar refractivity (Wildman–Crippen MR) is 103 cm³/mol. The van der Waals surface area contributed by atoms with Gasteiger partial charge >= 0.3 is 0 Å². The van der Waals surface area contributed by atoms with Crippen LogP contribution in [-0.4, -0.2) is 43.5 Å². The molecule has 2 aromatic rings. The zero-order valence-corrected chi connectivity index (χ0v) is 15.3. The van der Waals surface area contributed by atoms with Crippen molar-refractivity contribution in [3.05, 3.63) is 64.7 Å². The Labute approximate surface area is 154 Å². The van der Waals surface area contributed by atoms with Crippen LogP contribution in [-0.2, 0) is 11.3 Å². The topological polar surface area (TPSA) is 35.6 Å². The summed E-state index contributed by atoms with van der Waals surface area (Å²) in [7, 11) is 0. The Morgan fingerprint density at radius 1 is 1.08 bits per heavy atom. The number of anilines is 1. The van der Waals surface area contributed by atoms with E-state index in [-0.39, 0.29) is 5.91 Å². The van der Waals surface area contributed by atoms with Crippen molar-refractivity contribution < 1.29 is 4.79 Å². The van der Waals surface area contributed by atoms with Crippen LogP contribution in [0.2, 0.25) is 5.02 Å². The van der Waals surface area contributed by atoms with Crippen LogP contribution in [0.1, 0.15) is 11.1 Å². The minimum atomic E-state index is 0.165. The average molecular weight is 358 g/mol. The smallest absolute Gasteiger partial charge is 0.236 e. The summed E-state index contributed by atoms with van der Waals surface area (Å²) in [4.78, 5) is 16.6. The van der Waals surface area contributed by atoms with Crippen molar-refractivity contribution in [2.24, 2.45) is 0 Å². The molecule has 0 radical (unpaired) electrons. The van der Waals surface area contributed by atoms with Crippen LogP contribution in [0.3, 0.4) is 0 Å². The highest BCUT2D eigenvalue weighted by Crippen LogP contribution is 2.20. The van der Waals surface area contributed by atoms with Gasteiger partial charge in [-0.1, -0.05) is 47.5 Å². The summed E-state index contributed by atoms with van der Waals surface area (Å²) in [6.07, 6.45) is 0. The molecule has 2 aromatic carbocycles. The number of nitrogens with one attached hydrogen (secondary N) is 1. The lowest BCUT2D eigenvalue weighted by atomic mass is 10.1. The Balaban J connectivity index is 1.43. The normalized spacial score (nSPS) is 14.6. The van der Waals surface area contributed by atoms with Gasteiger partial charge in [-0.3, -0.25) is 4.79 Å². The molecule has 3 rings (SSSR count). The molecule has 0 spiro atoms. The number of carbonyl (C=O) groups is 1. The van der Waals surface area contributed by atoms with Gasteiger partial charge in [-0.2, -0.15) is 0 Å². The minimum Gasteiger partial charge on any atom is -0.368 e. The van der Waals surface area contributed by atoms with Gasteiger partial charge in [0.2, 0.25) is 5.91 Å². The van der Waals surface area contributed by atoms with Crippen molar-refractivity contribution in [3.63, 3.8) is 0 Å². The highest BCUT2D eigenvalue weighted by molar-refractivity contribution is 6.30. The number of nitrogens with zero attached hydrogens (tertiary/aromatic N) is 2. The molecule has 1 amide bonds. The van der Waals surface area contributed by atoms with Gasteiger partial charge in [0.05, 0.1) is 6.54 Å². The maximum atomic E-state index is 12.4. The number of piperazine rings is 1. The molecule has 1 aliphatic rings. The van der Waals surface area contributed by atoms with Gasteiger partial charge in [-0.25, -0.2) is 0 Å². The number of rotatable bonds is 5. The van der Waals surface area contributed by atoms with Crippen molar-refractivity contribution in [2.75, 3.05) is 37.6 Å². The van der Waals surface area contributed by atoms with Gasteiger partial charge in [-0.15, -0.1) is 0 Å². The van der Waals surface area contributed by atoms with Crippen molar-refractivity contribution in [3.8, 4) is 0 Å². The first kappa shape index (κ1) is 17.8. The highest BCUT2D eigenvalue weighted by atomic mass is 35.5. The number of halogens is 1. The van der Waals surface area contributed by atoms with E-state index in [0.717, 1.165) is 36.9 Å². The molecule has 1 N–H and O–H groups in total. The Morgan fingerprint density at radius 3 is 2.48 bits per heavy atom. The monoisotopic (exact) mass is 357 g/mol. The van der Waals surface area contributed by atoms with E-state index in [1.807, 2.05) is 23.1 Å². The lowest BCUT2D eigenvalue weighted by molar-refractivity contribution is -0.130. The molecule has 4 nitrogen and oxygen atoms in total. The summed E-state index contributed by atoms with van der Waals surface area (Å²) in [6, 6.07) is 16.2. The Morgan fingerprint density at radius 2 is 1.80 bits per heavy atom. The van der Waals surface area contributed by atoms with E-state index in [4.69, 9.17) is 11.6 Å². The molecule has 5 heteroatoms. The highest BCUT2D eigenvalue weighted by Gasteiger charge is 2.20. The molecule has 0 bridgehead atoms. The predicted octanol–water partition coefficient (Wildman–Crippen LogP) is 3.09. The molecule has 0 unspecified atom stereocenters. The van der Waals surface area contributed by atoms with Crippen molar-refractivity contribution in [2.45, 2.75) is 13.5 Å². The number of amides is 1. The third-order valence-electron chi connectivity index (χ3n) is 4.53. The van der Waals surface area contributed by atoms with Crippen molar-refractivity contribution in [1.82, 2.24) is 10.2 Å². The molecule has 0 aliphatic carbocycles. The van der Waals surface area contributed by atoms with Gasteiger partial charge in [0.15, 0.2) is 0 Å². The molecule has 25 heavy (non-hydrogen) atoms. The van der Waals surface area contributed by atoms with Crippen LogP contribution in [0, 0.1) is 6.92 Å². The van der Waals surface area contributed by atoms with E-state index < -0.39 is 0 Å². The third-order valence-corrected chi connectivity index (χ3v) is 4.77. The number of aryl methyl sites for hydroxylation is 1. The fraction of sp³-hybridized carbons (Fsp3) is 0.350. The van der Waals surface area contributed by atoms with E-state index in [2.05, 4.69) is 47.5 Å². The molecule has 1 fully saturated rings. The summed E-state index contributed by atoms with van der Waals surface area (Å²) in [5, 5.41) is 3.99. The van der Waals surface area contributed by atoms with Crippen LogP contribution < -0.4 is 10.2 Å². The number of hydrogen-bond donors (Lipinski definition) is 1. The van der Waals surface area contributed by atoms with E-state index in [1.54, 1.807) is 0 Å². The number of benzene rings is 2. The second-order valence-electron chi connectivity index (χ2n) is 6.44. The summed E-state index contributed by atoms with van der Waals surface area (Å²) in [5.74, 6) is 0.165. The third kappa shape index (κ3) is 4.97. The van der Waals surface area contributed by atoms with E-state index in [0.29, 0.717) is 13.1 Å². The van der Waals surface area contributed by atoms with Crippen LogP contribution >= 0.6 is 11.6 Å². The van der Waals surface area contributed by atoms with Gasteiger partial charge < -0.3 is 15.1 Å². The van der Waals surface area contributed by atoms with Crippen LogP contribution in [0.5, 0.6) is 0 Å². The largest absolute Gasteiger partial charge is 0.368 e. The molecule has 0 saturated carbocycles. The Hall–Kier alpha value is -2.04. The quantitative estimate of drug-likeness (QED) is 0.893. The lowest BCUT2D eigenvalue weighted by Gasteiger charge is -2.36. The first-order valence-electron chi connectivity index (χ1n) is 8.66. The van der Waals surface area contributed by atoms with E-state index in [1.165, 1.54) is 11.1 Å². The van der Waals surface area contributed by atoms with E-state index >= 15 is 0 Å². The summed E-state index contributed by atoms with van der Waals surface area (Å²) < 4.78 is 0. The molecule has 1 heterocycles. The standard InChI is InChI=1S/C20H24ClN3O/c1-16-5-7-17(8-6-16)14-22-15-20(25)24-11-9-23(10-12-24)19-4-2-3-18(21)13-19/h2-8,13,22H,9-12,14-15H2,1H3. The summed E-state index contributed by atoms with van der Waals surface area (Å²) in [6.45, 7) is 6.34. The first-order valence-corrected chi connectivity index (χ1v) is 9.04. The average Bonchev–Trinajstić information content (AvgIpc) is 2.63. The molecule has 0 atom stereocenters. The summed E-state index contributed by atoms with van der Waals surface area (Å²) >= 11 is 6.06. The molecule has 1 saturated heterocycles. The Bertz CT molecular complexity index is 709. The van der Waals surface area contributed by atoms with Crippen LogP contribution in [0.15, 0.2) is 48.5 Å². The van der Waals surface area contributed by atoms with Crippen LogP contribution in [0.4, 0.5) is 5.69 Å². The van der Waals surface area contributed by atoms with Gasteiger partial charge in [0.25, 0.3) is 0 Å². The van der Waals surface area contributed by atoms with Crippen LogP contribution in [0.25, 0.3) is 0 Å². The zero-order chi connectivity index (χ0) is 17.6. The van der Waals surface area contributed by atoms with E-state index in [9.17, 15) is 4.79 Å². The van der Waals surface area contributed by atoms with Crippen molar-refractivity contribution >= 4 is 23.2 Å². The summed E-state index contributed by atoms with van der Waals surface area (Å²) in [5.41, 5.74) is 3.57. The molecule has 0 aromatic heterocycles. The number of carbonyl (C=O) groups excluding carboxylic acids is 1. The lowest BCUT2D eigenvalue weighted by Crippen LogP contribution is -2.50. The molecule has 132 valence electrons. The fourth-order valence-electron chi connectivity index (χ4n) is 3.02. The number of hydrogen-bond acceptors (Lipinski definition) is 3. The minimum absolute atomic E-state index is 0.165. The second-order valence-corrected chi connectivity index (χ2v) is 6.87. The fourth-order valence-corrected chi connectivity index (χ4v) is 3.20. The SMILES string of the molecule is Cc1ccc(CNCC(=O)N2CCN(c3cccc(Cl)c3)CC2)cc1. The molecule has 1 aliphatic heterocycles.